The molecule has 12 heavy (non-hydrogen) atoms. The standard InChI is InChI=1S/C8H9N3O/c1-5-2-6-3-9-4-10-7(6)11-8(5)12/h2-4,7H,1H3,(H,9,10)(H,11,12). The first kappa shape index (κ1) is 7.09. The summed E-state index contributed by atoms with van der Waals surface area (Å²) >= 11 is 0. The maximum atomic E-state index is 11.1. The maximum Gasteiger partial charge on any atom is 0.248 e. The zero-order valence-corrected chi connectivity index (χ0v) is 6.66. The Bertz CT molecular complexity index is 314. The van der Waals surface area contributed by atoms with Crippen molar-refractivity contribution in [3.63, 3.8) is 0 Å². The van der Waals surface area contributed by atoms with Crippen LogP contribution in [-0.2, 0) is 4.79 Å². The van der Waals surface area contributed by atoms with E-state index in [4.69, 9.17) is 0 Å². The predicted octanol–water partition coefficient (Wildman–Crippen LogP) is -0.0960. The van der Waals surface area contributed by atoms with Crippen LogP contribution in [0.25, 0.3) is 0 Å². The van der Waals surface area contributed by atoms with Gasteiger partial charge in [0.15, 0.2) is 0 Å². The summed E-state index contributed by atoms with van der Waals surface area (Å²) in [7, 11) is 0. The van der Waals surface area contributed by atoms with Crippen LogP contribution in [-0.4, -0.2) is 18.4 Å². The summed E-state index contributed by atoms with van der Waals surface area (Å²) in [5.41, 5.74) is 1.71. The zero-order valence-electron chi connectivity index (χ0n) is 6.66. The van der Waals surface area contributed by atoms with E-state index in [2.05, 4.69) is 15.6 Å². The van der Waals surface area contributed by atoms with Gasteiger partial charge < -0.3 is 10.6 Å². The van der Waals surface area contributed by atoms with Gasteiger partial charge in [-0.1, -0.05) is 0 Å². The Morgan fingerprint density at radius 3 is 3.25 bits per heavy atom. The first-order valence-corrected chi connectivity index (χ1v) is 3.74. The fraction of sp³-hybridized carbons (Fsp3) is 0.250. The van der Waals surface area contributed by atoms with Crippen molar-refractivity contribution >= 4 is 12.2 Å². The van der Waals surface area contributed by atoms with Gasteiger partial charge in [0.05, 0.1) is 6.34 Å². The molecule has 0 fully saturated rings. The highest BCUT2D eigenvalue weighted by Gasteiger charge is 2.22. The number of carbonyl (C=O) groups excluding carboxylic acids is 1. The molecule has 0 aromatic carbocycles. The van der Waals surface area contributed by atoms with Crippen molar-refractivity contribution in [2.45, 2.75) is 13.1 Å². The molecule has 2 aliphatic heterocycles. The predicted molar refractivity (Wildman–Crippen MR) is 45.4 cm³/mol. The van der Waals surface area contributed by atoms with Crippen LogP contribution in [0.5, 0.6) is 0 Å². The largest absolute Gasteiger partial charge is 0.353 e. The second-order valence-electron chi connectivity index (χ2n) is 2.79. The topological polar surface area (TPSA) is 53.5 Å². The number of rotatable bonds is 0. The van der Waals surface area contributed by atoms with Crippen molar-refractivity contribution < 1.29 is 4.79 Å². The molecule has 0 saturated carbocycles. The summed E-state index contributed by atoms with van der Waals surface area (Å²) in [6.45, 7) is 1.78. The first-order chi connectivity index (χ1) is 5.77. The highest BCUT2D eigenvalue weighted by atomic mass is 16.1. The molecule has 0 aromatic heterocycles. The molecule has 2 N–H and O–H groups in total. The average Bonchev–Trinajstić information content (AvgIpc) is 2.07. The second-order valence-corrected chi connectivity index (χ2v) is 2.79. The third-order valence-electron chi connectivity index (χ3n) is 1.87. The second kappa shape index (κ2) is 2.48. The molecule has 0 spiro atoms. The summed E-state index contributed by atoms with van der Waals surface area (Å²) in [5.74, 6) is -0.0452. The van der Waals surface area contributed by atoms with Crippen LogP contribution in [0.15, 0.2) is 28.4 Å². The Morgan fingerprint density at radius 2 is 2.42 bits per heavy atom. The van der Waals surface area contributed by atoms with Crippen LogP contribution >= 0.6 is 0 Å². The number of fused-ring (bicyclic) bond motifs is 1. The molecule has 62 valence electrons. The van der Waals surface area contributed by atoms with Crippen molar-refractivity contribution in [3.8, 4) is 0 Å². The van der Waals surface area contributed by atoms with E-state index in [9.17, 15) is 4.79 Å². The summed E-state index contributed by atoms with van der Waals surface area (Å²) in [6, 6.07) is 0. The van der Waals surface area contributed by atoms with Crippen molar-refractivity contribution in [1.82, 2.24) is 10.6 Å². The lowest BCUT2D eigenvalue weighted by Gasteiger charge is -2.23. The fourth-order valence-electron chi connectivity index (χ4n) is 1.21. The third-order valence-corrected chi connectivity index (χ3v) is 1.87. The molecule has 4 heteroatoms. The van der Waals surface area contributed by atoms with Crippen LogP contribution in [0.2, 0.25) is 0 Å². The SMILES string of the molecule is CC1=CC2=CNC=NC2NC1=O. The molecule has 0 aliphatic carbocycles. The molecule has 2 aliphatic rings. The highest BCUT2D eigenvalue weighted by Crippen LogP contribution is 2.15. The van der Waals surface area contributed by atoms with Gasteiger partial charge in [0.2, 0.25) is 5.91 Å². The summed E-state index contributed by atoms with van der Waals surface area (Å²) in [6.07, 6.45) is 5.05. The molecule has 0 bridgehead atoms. The van der Waals surface area contributed by atoms with Crippen LogP contribution in [0, 0.1) is 0 Å². The van der Waals surface area contributed by atoms with Gasteiger partial charge in [-0.3, -0.25) is 4.79 Å². The first-order valence-electron chi connectivity index (χ1n) is 3.74. The minimum Gasteiger partial charge on any atom is -0.353 e. The van der Waals surface area contributed by atoms with Gasteiger partial charge in [0.25, 0.3) is 0 Å². The summed E-state index contributed by atoms with van der Waals surface area (Å²) in [5, 5.41) is 5.62. The van der Waals surface area contributed by atoms with Gasteiger partial charge in [-0.15, -0.1) is 0 Å². The van der Waals surface area contributed by atoms with Crippen LogP contribution < -0.4 is 10.6 Å². The normalized spacial score (nSPS) is 26.4. The highest BCUT2D eigenvalue weighted by molar-refractivity contribution is 5.95. The average molecular weight is 163 g/mol. The summed E-state index contributed by atoms with van der Waals surface area (Å²) in [4.78, 5) is 15.2. The number of aliphatic imine (C=N–C) groups is 1. The molecule has 1 atom stereocenters. The summed E-state index contributed by atoms with van der Waals surface area (Å²) < 4.78 is 0. The molecule has 0 radical (unpaired) electrons. The van der Waals surface area contributed by atoms with Gasteiger partial charge in [-0.25, -0.2) is 4.99 Å². The lowest BCUT2D eigenvalue weighted by atomic mass is 10.1. The van der Waals surface area contributed by atoms with E-state index in [1.54, 1.807) is 13.3 Å². The number of nitrogens with zero attached hydrogens (tertiary/aromatic N) is 1. The van der Waals surface area contributed by atoms with Gasteiger partial charge in [-0.2, -0.15) is 0 Å². The Kier molecular flexibility index (Phi) is 1.46. The monoisotopic (exact) mass is 163 g/mol. The molecule has 2 heterocycles. The van der Waals surface area contributed by atoms with Crippen molar-refractivity contribution in [2.24, 2.45) is 4.99 Å². The van der Waals surface area contributed by atoms with E-state index in [1.807, 2.05) is 12.3 Å². The molecule has 1 unspecified atom stereocenters. The fourth-order valence-corrected chi connectivity index (χ4v) is 1.21. The molecule has 0 saturated heterocycles. The number of hydrogen-bond acceptors (Lipinski definition) is 3. The van der Waals surface area contributed by atoms with Crippen molar-refractivity contribution in [2.75, 3.05) is 0 Å². The molecule has 0 aromatic rings. The lowest BCUT2D eigenvalue weighted by molar-refractivity contribution is -0.118. The van der Waals surface area contributed by atoms with Crippen LogP contribution in [0.4, 0.5) is 0 Å². The third kappa shape index (κ3) is 1.01. The quantitative estimate of drug-likeness (QED) is 0.524. The van der Waals surface area contributed by atoms with Crippen molar-refractivity contribution in [1.29, 1.82) is 0 Å². The molecular weight excluding hydrogens is 154 g/mol. The Labute approximate surface area is 70.1 Å². The lowest BCUT2D eigenvalue weighted by Crippen LogP contribution is -2.40. The number of carbonyl (C=O) groups is 1. The van der Waals surface area contributed by atoms with E-state index in [1.165, 1.54) is 0 Å². The maximum absolute atomic E-state index is 11.1. The van der Waals surface area contributed by atoms with E-state index >= 15 is 0 Å². The van der Waals surface area contributed by atoms with Crippen LogP contribution in [0.1, 0.15) is 6.92 Å². The van der Waals surface area contributed by atoms with Gasteiger partial charge >= 0.3 is 0 Å². The number of hydrogen-bond donors (Lipinski definition) is 2. The zero-order chi connectivity index (χ0) is 8.55. The van der Waals surface area contributed by atoms with E-state index in [0.29, 0.717) is 0 Å². The minimum atomic E-state index is -0.192. The Balaban J connectivity index is 2.36. The Morgan fingerprint density at radius 1 is 1.58 bits per heavy atom. The van der Waals surface area contributed by atoms with Gasteiger partial charge in [-0.05, 0) is 13.0 Å². The minimum absolute atomic E-state index is 0.0452. The number of amides is 1. The number of nitrogens with one attached hydrogen (secondary N) is 2. The smallest absolute Gasteiger partial charge is 0.248 e. The van der Waals surface area contributed by atoms with E-state index in [0.717, 1.165) is 11.1 Å². The molecule has 2 rings (SSSR count). The van der Waals surface area contributed by atoms with Crippen molar-refractivity contribution in [3.05, 3.63) is 23.4 Å². The van der Waals surface area contributed by atoms with Crippen LogP contribution in [0.3, 0.4) is 0 Å². The van der Waals surface area contributed by atoms with Gasteiger partial charge in [0.1, 0.15) is 6.17 Å². The van der Waals surface area contributed by atoms with Gasteiger partial charge in [0, 0.05) is 17.3 Å². The molecular formula is C8H9N3O. The van der Waals surface area contributed by atoms with E-state index in [-0.39, 0.29) is 12.1 Å². The Hall–Kier alpha value is -1.58. The molecule has 4 nitrogen and oxygen atoms in total. The molecule has 1 amide bonds. The van der Waals surface area contributed by atoms with E-state index < -0.39 is 0 Å².